The summed E-state index contributed by atoms with van der Waals surface area (Å²) in [6.45, 7) is 1.94. The zero-order chi connectivity index (χ0) is 8.27. The van der Waals surface area contributed by atoms with Crippen molar-refractivity contribution in [3.8, 4) is 5.75 Å². The van der Waals surface area contributed by atoms with Crippen LogP contribution >= 0.6 is 24.0 Å². The molecule has 68 valence electrons. The Hall–Kier alpha value is -0.290. The van der Waals surface area contributed by atoms with Crippen LogP contribution in [-0.2, 0) is 0 Å². The van der Waals surface area contributed by atoms with E-state index in [0.29, 0.717) is 0 Å². The molecule has 2 nitrogen and oxygen atoms in total. The first-order valence-corrected chi connectivity index (χ1v) is 3.64. The summed E-state index contributed by atoms with van der Waals surface area (Å²) in [5.74, 6) is 0.863. The van der Waals surface area contributed by atoms with E-state index in [9.17, 15) is 0 Å². The Morgan fingerprint density at radius 2 is 1.92 bits per heavy atom. The highest BCUT2D eigenvalue weighted by atomic mass is 127. The smallest absolute Gasteiger partial charge is 0.123 e. The molecule has 2 N–H and O–H groups in total. The normalized spacial score (nSPS) is 11.6. The van der Waals surface area contributed by atoms with Crippen LogP contribution in [0.25, 0.3) is 0 Å². The number of hydrogen-bond acceptors (Lipinski definition) is 2. The fourth-order valence-electron chi connectivity index (χ4n) is 1.04. The Kier molecular flexibility index (Phi) is 5.24. The average molecular weight is 279 g/mol. The van der Waals surface area contributed by atoms with E-state index in [1.165, 1.54) is 0 Å². The Labute approximate surface area is 90.1 Å². The Balaban J connectivity index is 0.00000121. The van der Waals surface area contributed by atoms with Gasteiger partial charge in [0.05, 0.1) is 7.11 Å². The standard InChI is InChI=1S/C9H13NO.HI/c1-7(10)8-5-3-4-6-9(8)11-2;/h3-7H,10H2,1-2H3;1H. The highest BCUT2D eigenvalue weighted by Gasteiger charge is 2.04. The quantitative estimate of drug-likeness (QED) is 0.843. The second-order valence-corrected chi connectivity index (χ2v) is 2.53. The lowest BCUT2D eigenvalue weighted by Gasteiger charge is -2.10. The topological polar surface area (TPSA) is 35.2 Å². The molecule has 1 unspecified atom stereocenters. The number of para-hydroxylation sites is 1. The minimum Gasteiger partial charge on any atom is -0.496 e. The van der Waals surface area contributed by atoms with Crippen LogP contribution in [0, 0.1) is 0 Å². The number of nitrogens with two attached hydrogens (primary N) is 1. The summed E-state index contributed by atoms with van der Waals surface area (Å²) in [6.07, 6.45) is 0. The van der Waals surface area contributed by atoms with Gasteiger partial charge in [-0.25, -0.2) is 0 Å². The summed E-state index contributed by atoms with van der Waals surface area (Å²) >= 11 is 0. The molecule has 0 bridgehead atoms. The molecule has 1 atom stereocenters. The summed E-state index contributed by atoms with van der Waals surface area (Å²) in [6, 6.07) is 7.82. The molecule has 0 fully saturated rings. The molecule has 0 spiro atoms. The van der Waals surface area contributed by atoms with Crippen LogP contribution in [0.5, 0.6) is 5.75 Å². The zero-order valence-electron chi connectivity index (χ0n) is 7.28. The molecule has 1 rings (SSSR count). The maximum absolute atomic E-state index is 5.71. The number of hydrogen-bond donors (Lipinski definition) is 1. The molecule has 0 aliphatic carbocycles. The second-order valence-electron chi connectivity index (χ2n) is 2.53. The third kappa shape index (κ3) is 2.64. The number of ether oxygens (including phenoxy) is 1. The van der Waals surface area contributed by atoms with Gasteiger partial charge in [0.2, 0.25) is 0 Å². The third-order valence-electron chi connectivity index (χ3n) is 1.63. The summed E-state index contributed by atoms with van der Waals surface area (Å²) in [5, 5.41) is 0. The lowest BCUT2D eigenvalue weighted by molar-refractivity contribution is 0.407. The van der Waals surface area contributed by atoms with Gasteiger partial charge in [0.1, 0.15) is 5.75 Å². The molecule has 0 saturated carbocycles. The van der Waals surface area contributed by atoms with E-state index < -0.39 is 0 Å². The van der Waals surface area contributed by atoms with Crippen molar-refractivity contribution in [3.05, 3.63) is 29.8 Å². The largest absolute Gasteiger partial charge is 0.496 e. The van der Waals surface area contributed by atoms with Gasteiger partial charge in [0.15, 0.2) is 0 Å². The first-order chi connectivity index (χ1) is 5.25. The Morgan fingerprint density at radius 1 is 1.33 bits per heavy atom. The lowest BCUT2D eigenvalue weighted by atomic mass is 10.1. The lowest BCUT2D eigenvalue weighted by Crippen LogP contribution is -2.06. The predicted molar refractivity (Wildman–Crippen MR) is 61.0 cm³/mol. The number of methoxy groups -OCH3 is 1. The van der Waals surface area contributed by atoms with Gasteiger partial charge in [0, 0.05) is 11.6 Å². The minimum absolute atomic E-state index is 0. The van der Waals surface area contributed by atoms with E-state index in [0.717, 1.165) is 11.3 Å². The number of halogens is 1. The van der Waals surface area contributed by atoms with E-state index in [-0.39, 0.29) is 30.0 Å². The molecule has 0 aliphatic rings. The van der Waals surface area contributed by atoms with Crippen LogP contribution in [-0.4, -0.2) is 7.11 Å². The van der Waals surface area contributed by atoms with Crippen molar-refractivity contribution in [2.24, 2.45) is 5.73 Å². The van der Waals surface area contributed by atoms with Gasteiger partial charge in [-0.1, -0.05) is 18.2 Å². The van der Waals surface area contributed by atoms with Crippen molar-refractivity contribution >= 4 is 24.0 Å². The monoisotopic (exact) mass is 279 g/mol. The predicted octanol–water partition coefficient (Wildman–Crippen LogP) is 2.33. The molecule has 0 heterocycles. The van der Waals surface area contributed by atoms with Gasteiger partial charge in [-0.2, -0.15) is 0 Å². The maximum atomic E-state index is 5.71. The molecule has 0 saturated heterocycles. The van der Waals surface area contributed by atoms with Gasteiger partial charge in [0.25, 0.3) is 0 Å². The molecular weight excluding hydrogens is 265 g/mol. The fraction of sp³-hybridized carbons (Fsp3) is 0.333. The van der Waals surface area contributed by atoms with Gasteiger partial charge in [-0.3, -0.25) is 0 Å². The van der Waals surface area contributed by atoms with Crippen molar-refractivity contribution in [2.45, 2.75) is 13.0 Å². The molecule has 0 amide bonds. The Bertz CT molecular complexity index is 238. The molecule has 0 radical (unpaired) electrons. The average Bonchev–Trinajstić information content (AvgIpc) is 2.04. The summed E-state index contributed by atoms with van der Waals surface area (Å²) < 4.78 is 5.13. The molecule has 12 heavy (non-hydrogen) atoms. The van der Waals surface area contributed by atoms with E-state index in [2.05, 4.69) is 0 Å². The highest BCUT2D eigenvalue weighted by Crippen LogP contribution is 2.22. The van der Waals surface area contributed by atoms with Crippen LogP contribution in [0.4, 0.5) is 0 Å². The number of benzene rings is 1. The van der Waals surface area contributed by atoms with Gasteiger partial charge in [-0.05, 0) is 13.0 Å². The van der Waals surface area contributed by atoms with Gasteiger partial charge >= 0.3 is 0 Å². The summed E-state index contributed by atoms with van der Waals surface area (Å²) in [4.78, 5) is 0. The highest BCUT2D eigenvalue weighted by molar-refractivity contribution is 14.0. The molecule has 0 aliphatic heterocycles. The van der Waals surface area contributed by atoms with Crippen LogP contribution in [0.2, 0.25) is 0 Å². The van der Waals surface area contributed by atoms with Crippen LogP contribution in [0.15, 0.2) is 24.3 Å². The third-order valence-corrected chi connectivity index (χ3v) is 1.63. The zero-order valence-corrected chi connectivity index (χ0v) is 9.61. The molecule has 0 aromatic heterocycles. The van der Waals surface area contributed by atoms with E-state index >= 15 is 0 Å². The minimum atomic E-state index is 0. The van der Waals surface area contributed by atoms with E-state index in [1.807, 2.05) is 31.2 Å². The van der Waals surface area contributed by atoms with Gasteiger partial charge < -0.3 is 10.5 Å². The second kappa shape index (κ2) is 5.37. The van der Waals surface area contributed by atoms with E-state index in [4.69, 9.17) is 10.5 Å². The fourth-order valence-corrected chi connectivity index (χ4v) is 1.04. The SMILES string of the molecule is COc1ccccc1C(C)N.I. The molecule has 3 heteroatoms. The number of rotatable bonds is 2. The van der Waals surface area contributed by atoms with Crippen LogP contribution < -0.4 is 10.5 Å². The molecular formula is C9H14INO. The van der Waals surface area contributed by atoms with Crippen molar-refractivity contribution in [3.63, 3.8) is 0 Å². The van der Waals surface area contributed by atoms with Crippen molar-refractivity contribution < 1.29 is 4.74 Å². The van der Waals surface area contributed by atoms with Crippen molar-refractivity contribution in [1.82, 2.24) is 0 Å². The molecule has 1 aromatic carbocycles. The summed E-state index contributed by atoms with van der Waals surface area (Å²) in [7, 11) is 1.65. The first-order valence-electron chi connectivity index (χ1n) is 3.64. The van der Waals surface area contributed by atoms with Crippen LogP contribution in [0.1, 0.15) is 18.5 Å². The first kappa shape index (κ1) is 11.7. The Morgan fingerprint density at radius 3 is 2.33 bits per heavy atom. The molecule has 1 aromatic rings. The van der Waals surface area contributed by atoms with Crippen LogP contribution in [0.3, 0.4) is 0 Å². The van der Waals surface area contributed by atoms with Crippen molar-refractivity contribution in [2.75, 3.05) is 7.11 Å². The van der Waals surface area contributed by atoms with Gasteiger partial charge in [-0.15, -0.1) is 24.0 Å². The summed E-state index contributed by atoms with van der Waals surface area (Å²) in [5.41, 5.74) is 6.76. The van der Waals surface area contributed by atoms with E-state index in [1.54, 1.807) is 7.11 Å². The maximum Gasteiger partial charge on any atom is 0.123 e. The van der Waals surface area contributed by atoms with Crippen molar-refractivity contribution in [1.29, 1.82) is 0 Å².